The average molecular weight is 690 g/mol. The number of hydrogen-bond donors (Lipinski definition) is 2. The molecule has 3 aromatic carbocycles. The van der Waals surface area contributed by atoms with Crippen LogP contribution >= 0.6 is 11.8 Å². The minimum Gasteiger partial charge on any atom is -0.504 e. The molecule has 0 spiro atoms. The number of nitrogens with zero attached hydrogens (tertiary/aromatic N) is 3. The summed E-state index contributed by atoms with van der Waals surface area (Å²) in [4.78, 5) is 17.7. The molecule has 8 rings (SSSR count). The minimum atomic E-state index is -0.377. The van der Waals surface area contributed by atoms with E-state index >= 15 is 0 Å². The maximum atomic E-state index is 12.8. The van der Waals surface area contributed by atoms with Crippen LogP contribution in [0.15, 0.2) is 24.3 Å². The summed E-state index contributed by atoms with van der Waals surface area (Å²) in [6, 6.07) is 8.10. The van der Waals surface area contributed by atoms with Crippen LogP contribution in [0.2, 0.25) is 0 Å². The third-order valence-corrected chi connectivity index (χ3v) is 13.0. The topological polar surface area (TPSA) is 116 Å². The number of aryl methyl sites for hydroxylation is 1. The van der Waals surface area contributed by atoms with Crippen molar-refractivity contribution in [2.75, 3.05) is 66.4 Å². The minimum absolute atomic E-state index is 0.0757. The van der Waals surface area contributed by atoms with Gasteiger partial charge in [-0.1, -0.05) is 12.1 Å². The lowest BCUT2D eigenvalue weighted by Gasteiger charge is -2.49. The first kappa shape index (κ1) is 32.4. The van der Waals surface area contributed by atoms with E-state index in [-0.39, 0.29) is 47.9 Å². The summed E-state index contributed by atoms with van der Waals surface area (Å²) in [5.74, 6) is 3.75. The van der Waals surface area contributed by atoms with Crippen LogP contribution in [-0.4, -0.2) is 92.0 Å². The lowest BCUT2D eigenvalue weighted by Crippen LogP contribution is -2.56. The Balaban J connectivity index is 1.38. The third kappa shape index (κ3) is 4.71. The van der Waals surface area contributed by atoms with Gasteiger partial charge in [0.05, 0.1) is 69.8 Å². The maximum absolute atomic E-state index is 12.8. The summed E-state index contributed by atoms with van der Waals surface area (Å²) in [5, 5.41) is 11.6. The molecule has 0 saturated carbocycles. The van der Waals surface area contributed by atoms with Gasteiger partial charge in [-0.05, 0) is 44.2 Å². The molecule has 0 amide bonds. The van der Waals surface area contributed by atoms with Crippen LogP contribution in [0.25, 0.3) is 0 Å². The monoisotopic (exact) mass is 689 g/mol. The number of phenolic OH excluding ortho intramolecular Hbond substituents is 1. The number of methoxy groups -OCH3 is 2. The van der Waals surface area contributed by atoms with Crippen LogP contribution in [0.4, 0.5) is 5.69 Å². The highest BCUT2D eigenvalue weighted by molar-refractivity contribution is 7.99. The van der Waals surface area contributed by atoms with E-state index in [1.807, 2.05) is 37.7 Å². The van der Waals surface area contributed by atoms with Gasteiger partial charge in [-0.2, -0.15) is 0 Å². The van der Waals surface area contributed by atoms with Crippen LogP contribution in [0.5, 0.6) is 34.5 Å². The number of nitrogen functional groups attached to an aromatic ring is 1. The highest BCUT2D eigenvalue weighted by Crippen LogP contribution is 2.64. The van der Waals surface area contributed by atoms with Crippen LogP contribution in [0.1, 0.15) is 69.2 Å². The van der Waals surface area contributed by atoms with E-state index in [0.717, 1.165) is 63.3 Å². The molecule has 2 bridgehead atoms. The van der Waals surface area contributed by atoms with Gasteiger partial charge in [0.25, 0.3) is 0 Å². The fourth-order valence-electron chi connectivity index (χ4n) is 9.35. The number of aromatic hydroxyl groups is 1. The van der Waals surface area contributed by atoms with Gasteiger partial charge in [-0.25, -0.2) is 0 Å². The molecule has 5 aliphatic heterocycles. The summed E-state index contributed by atoms with van der Waals surface area (Å²) >= 11 is 1.89. The first-order valence-corrected chi connectivity index (χ1v) is 17.9. The van der Waals surface area contributed by atoms with Gasteiger partial charge in [-0.3, -0.25) is 14.6 Å². The van der Waals surface area contributed by atoms with E-state index in [0.29, 0.717) is 35.4 Å². The van der Waals surface area contributed by atoms with Gasteiger partial charge in [0.1, 0.15) is 17.5 Å². The van der Waals surface area contributed by atoms with E-state index in [2.05, 4.69) is 36.0 Å². The first-order valence-electron chi connectivity index (χ1n) is 16.9. The zero-order chi connectivity index (χ0) is 34.5. The highest BCUT2D eigenvalue weighted by atomic mass is 32.2. The Hall–Kier alpha value is -3.84. The van der Waals surface area contributed by atoms with Gasteiger partial charge in [0, 0.05) is 47.2 Å². The average Bonchev–Trinajstić information content (AvgIpc) is 3.69. The molecule has 49 heavy (non-hydrogen) atoms. The predicted molar refractivity (Wildman–Crippen MR) is 187 cm³/mol. The second kappa shape index (κ2) is 11.6. The van der Waals surface area contributed by atoms with E-state index < -0.39 is 0 Å². The highest BCUT2D eigenvalue weighted by Gasteiger charge is 2.58. The van der Waals surface area contributed by atoms with Gasteiger partial charge < -0.3 is 39.0 Å². The molecule has 6 unspecified atom stereocenters. The largest absolute Gasteiger partial charge is 0.504 e. The Morgan fingerprint density at radius 2 is 1.86 bits per heavy atom. The normalized spacial score (nSPS) is 28.4. The van der Waals surface area contributed by atoms with E-state index in [1.165, 1.54) is 18.1 Å². The van der Waals surface area contributed by atoms with Crippen LogP contribution < -0.4 is 29.4 Å². The second-order valence-corrected chi connectivity index (χ2v) is 15.5. The van der Waals surface area contributed by atoms with Crippen molar-refractivity contribution in [3.63, 3.8) is 0 Å². The number of carbonyl (C=O) groups is 1. The molecular formula is C37H45N4O7S+. The lowest BCUT2D eigenvalue weighted by atomic mass is 9.80. The number of carbonyl (C=O) groups excluding carboxylic acids is 1. The predicted octanol–water partition coefficient (Wildman–Crippen LogP) is 5.16. The number of thioether (sulfide) groups is 1. The number of hydrogen-bond acceptors (Lipinski definition) is 11. The van der Waals surface area contributed by atoms with Crippen LogP contribution in [0.3, 0.4) is 0 Å². The molecule has 1 saturated heterocycles. The van der Waals surface area contributed by atoms with Crippen molar-refractivity contribution < 1.29 is 38.1 Å². The van der Waals surface area contributed by atoms with Crippen molar-refractivity contribution in [3.05, 3.63) is 63.2 Å². The quantitative estimate of drug-likeness (QED) is 0.164. The van der Waals surface area contributed by atoms with Gasteiger partial charge in [0.15, 0.2) is 23.0 Å². The molecule has 6 atom stereocenters. The van der Waals surface area contributed by atoms with Crippen molar-refractivity contribution in [1.29, 1.82) is 0 Å². The first-order chi connectivity index (χ1) is 23.5. The molecule has 0 radical (unpaired) electrons. The number of quaternary nitrogens is 1. The summed E-state index contributed by atoms with van der Waals surface area (Å²) < 4.78 is 30.8. The smallest absolute Gasteiger partial charge is 0.308 e. The summed E-state index contributed by atoms with van der Waals surface area (Å²) in [6.07, 6.45) is 0.900. The number of esters is 1. The molecule has 3 aromatic rings. The summed E-state index contributed by atoms with van der Waals surface area (Å²) in [6.45, 7) is 7.86. The fraction of sp³-hybridized carbons (Fsp3) is 0.486. The van der Waals surface area contributed by atoms with Crippen molar-refractivity contribution in [1.82, 2.24) is 9.80 Å². The summed E-state index contributed by atoms with van der Waals surface area (Å²) in [7, 11) is 7.77. The Morgan fingerprint density at radius 3 is 2.59 bits per heavy atom. The SMILES string of the molecule is COc1cc2c(cc1N)CC[N+]1(C)CC3c4c5c(c(C)c(OC(C)=O)c4C(SCC21)C1C(c2ccc(C)c(OC)c2O)N(C)CN31)OCO5. The molecule has 0 aliphatic carbocycles. The van der Waals surface area contributed by atoms with E-state index in [1.54, 1.807) is 14.2 Å². The third-order valence-electron chi connectivity index (χ3n) is 11.6. The van der Waals surface area contributed by atoms with Crippen molar-refractivity contribution >= 4 is 23.4 Å². The van der Waals surface area contributed by atoms with Gasteiger partial charge in [0.2, 0.25) is 6.79 Å². The maximum Gasteiger partial charge on any atom is 0.308 e. The van der Waals surface area contributed by atoms with Crippen molar-refractivity contribution in [2.45, 2.75) is 56.6 Å². The molecule has 11 nitrogen and oxygen atoms in total. The van der Waals surface area contributed by atoms with Crippen LogP contribution in [-0.2, 0) is 11.2 Å². The fourth-order valence-corrected chi connectivity index (χ4v) is 11.2. The number of rotatable bonds is 4. The molecule has 12 heteroatoms. The number of benzene rings is 3. The number of ether oxygens (including phenoxy) is 5. The zero-order valence-electron chi connectivity index (χ0n) is 29.2. The Bertz CT molecular complexity index is 1890. The molecule has 5 aliphatic rings. The molecule has 1 fully saturated rings. The Morgan fingerprint density at radius 1 is 1.08 bits per heavy atom. The van der Waals surface area contributed by atoms with E-state index in [9.17, 15) is 9.90 Å². The van der Waals surface area contributed by atoms with Crippen molar-refractivity contribution in [3.8, 4) is 34.5 Å². The zero-order valence-corrected chi connectivity index (χ0v) is 30.0. The van der Waals surface area contributed by atoms with Gasteiger partial charge >= 0.3 is 5.97 Å². The lowest BCUT2D eigenvalue weighted by molar-refractivity contribution is -0.941. The number of phenols is 1. The molecule has 3 N–H and O–H groups in total. The molecular weight excluding hydrogens is 644 g/mol. The molecule has 5 heterocycles. The van der Waals surface area contributed by atoms with Crippen molar-refractivity contribution in [2.24, 2.45) is 0 Å². The number of fused-ring (bicyclic) bond motifs is 7. The molecule has 260 valence electrons. The summed E-state index contributed by atoms with van der Waals surface area (Å²) in [5.41, 5.74) is 14.1. The second-order valence-electron chi connectivity index (χ2n) is 14.4. The standard InChI is InChI=1S/C37H44N4O7S/c1-18-8-9-22(32(43)33(18)45-7)30-31-37-29-28(36-35(46-17-47-36)19(2)34(29)48-20(3)42)25(40(31)16-39(30)4)14-41(5)11-10-21-12-24(38)27(44-6)13-23(21)26(41)15-49-37/h8-9,12-13,25-26,30-31,37H,10-11,14-17,38H2,1-7H3/p+1. The van der Waals surface area contributed by atoms with Gasteiger partial charge in [-0.15, -0.1) is 11.8 Å². The van der Waals surface area contributed by atoms with Crippen LogP contribution in [0, 0.1) is 13.8 Å². The molecule has 0 aromatic heterocycles. The number of likely N-dealkylation sites (N-methyl/N-ethyl adjacent to an activating group) is 2. The van der Waals surface area contributed by atoms with E-state index in [4.69, 9.17) is 29.4 Å². The Labute approximate surface area is 291 Å². The Kier molecular flexibility index (Phi) is 7.67. The number of nitrogens with two attached hydrogens (primary N) is 1. The number of anilines is 1.